The zero-order valence-electron chi connectivity index (χ0n) is 10.4. The van der Waals surface area contributed by atoms with Crippen LogP contribution in [0.4, 0.5) is 5.69 Å². The zero-order valence-corrected chi connectivity index (χ0v) is 10.4. The van der Waals surface area contributed by atoms with Gasteiger partial charge >= 0.3 is 0 Å². The summed E-state index contributed by atoms with van der Waals surface area (Å²) in [5.74, 6) is -0.169. The molecule has 0 spiro atoms. The van der Waals surface area contributed by atoms with E-state index in [-0.39, 0.29) is 5.91 Å². The Hall–Kier alpha value is -2.11. The van der Waals surface area contributed by atoms with Gasteiger partial charge in [0.25, 0.3) is 5.91 Å². The first-order valence-electron chi connectivity index (χ1n) is 5.29. The molecule has 0 aliphatic carbocycles. The topological polar surface area (TPSA) is 64.7 Å². The molecule has 2 rings (SSSR count). The molecule has 0 radical (unpaired) electrons. The van der Waals surface area contributed by atoms with Crippen molar-refractivity contribution >= 4 is 11.6 Å². The van der Waals surface area contributed by atoms with E-state index in [1.54, 1.807) is 22.6 Å². The Bertz CT molecular complexity index is 566. The van der Waals surface area contributed by atoms with Crippen LogP contribution in [0.3, 0.4) is 0 Å². The molecule has 0 saturated carbocycles. The maximum atomic E-state index is 11.9. The molecule has 1 amide bonds. The molecule has 2 heterocycles. The Morgan fingerprint density at radius 2 is 2.06 bits per heavy atom. The summed E-state index contributed by atoms with van der Waals surface area (Å²) in [4.78, 5) is 11.9. The summed E-state index contributed by atoms with van der Waals surface area (Å²) in [5, 5.41) is 11.1. The van der Waals surface area contributed by atoms with E-state index in [1.165, 1.54) is 6.20 Å². The van der Waals surface area contributed by atoms with Crippen molar-refractivity contribution in [3.63, 3.8) is 0 Å². The Balaban J connectivity index is 2.24. The highest BCUT2D eigenvalue weighted by atomic mass is 16.1. The molecule has 0 atom stereocenters. The number of amides is 1. The third-order valence-electron chi connectivity index (χ3n) is 2.71. The second kappa shape index (κ2) is 4.04. The van der Waals surface area contributed by atoms with Crippen molar-refractivity contribution in [1.82, 2.24) is 19.6 Å². The van der Waals surface area contributed by atoms with Crippen LogP contribution in [0.15, 0.2) is 12.4 Å². The molecular weight excluding hydrogens is 218 g/mol. The van der Waals surface area contributed by atoms with Crippen molar-refractivity contribution < 1.29 is 4.79 Å². The van der Waals surface area contributed by atoms with E-state index >= 15 is 0 Å². The fourth-order valence-electron chi connectivity index (χ4n) is 1.68. The average Bonchev–Trinajstić information content (AvgIpc) is 2.79. The number of anilines is 1. The largest absolute Gasteiger partial charge is 0.319 e. The molecule has 0 aromatic carbocycles. The minimum absolute atomic E-state index is 0.169. The molecular formula is C11H15N5O. The summed E-state index contributed by atoms with van der Waals surface area (Å²) in [5.41, 5.74) is 3.04. The monoisotopic (exact) mass is 233 g/mol. The fourth-order valence-corrected chi connectivity index (χ4v) is 1.68. The summed E-state index contributed by atoms with van der Waals surface area (Å²) < 4.78 is 3.34. The predicted molar refractivity (Wildman–Crippen MR) is 63.8 cm³/mol. The summed E-state index contributed by atoms with van der Waals surface area (Å²) in [6, 6.07) is 0. The normalized spacial score (nSPS) is 10.6. The molecule has 2 aromatic heterocycles. The number of aromatic nitrogens is 4. The molecule has 0 saturated heterocycles. The van der Waals surface area contributed by atoms with Gasteiger partial charge in [-0.15, -0.1) is 0 Å². The molecule has 0 aliphatic rings. The van der Waals surface area contributed by atoms with Gasteiger partial charge < -0.3 is 5.32 Å². The van der Waals surface area contributed by atoms with Gasteiger partial charge in [0.15, 0.2) is 0 Å². The standard InChI is InChI=1S/C11H15N5O/c1-7-10(8(2)16(4)14-7)13-11(17)9-5-12-15(3)6-9/h5-6H,1-4H3,(H,13,17). The molecule has 90 valence electrons. The second-order valence-electron chi connectivity index (χ2n) is 4.03. The highest BCUT2D eigenvalue weighted by molar-refractivity contribution is 6.04. The molecule has 0 fully saturated rings. The van der Waals surface area contributed by atoms with Crippen LogP contribution in [0.1, 0.15) is 21.7 Å². The van der Waals surface area contributed by atoms with Crippen molar-refractivity contribution in [2.75, 3.05) is 5.32 Å². The van der Waals surface area contributed by atoms with Crippen molar-refractivity contribution in [3.05, 3.63) is 29.3 Å². The molecule has 0 unspecified atom stereocenters. The maximum Gasteiger partial charge on any atom is 0.258 e. The average molecular weight is 233 g/mol. The van der Waals surface area contributed by atoms with E-state index in [0.29, 0.717) is 5.56 Å². The first-order chi connectivity index (χ1) is 7.99. The van der Waals surface area contributed by atoms with Gasteiger partial charge in [0, 0.05) is 20.3 Å². The zero-order chi connectivity index (χ0) is 12.6. The minimum Gasteiger partial charge on any atom is -0.319 e. The van der Waals surface area contributed by atoms with Gasteiger partial charge in [0.2, 0.25) is 0 Å². The minimum atomic E-state index is -0.169. The van der Waals surface area contributed by atoms with Crippen molar-refractivity contribution in [3.8, 4) is 0 Å². The van der Waals surface area contributed by atoms with Crippen LogP contribution in [0, 0.1) is 13.8 Å². The lowest BCUT2D eigenvalue weighted by Gasteiger charge is -2.03. The van der Waals surface area contributed by atoms with Gasteiger partial charge in [-0.2, -0.15) is 10.2 Å². The molecule has 1 N–H and O–H groups in total. The molecule has 2 aromatic rings. The third kappa shape index (κ3) is 2.06. The van der Waals surface area contributed by atoms with E-state index in [0.717, 1.165) is 17.1 Å². The van der Waals surface area contributed by atoms with Crippen molar-refractivity contribution in [1.29, 1.82) is 0 Å². The van der Waals surface area contributed by atoms with Crippen LogP contribution < -0.4 is 5.32 Å². The quantitative estimate of drug-likeness (QED) is 0.842. The smallest absolute Gasteiger partial charge is 0.258 e. The predicted octanol–water partition coefficient (Wildman–Crippen LogP) is 1.02. The lowest BCUT2D eigenvalue weighted by Crippen LogP contribution is -2.12. The lowest BCUT2D eigenvalue weighted by molar-refractivity contribution is 0.102. The van der Waals surface area contributed by atoms with E-state index in [1.807, 2.05) is 20.9 Å². The van der Waals surface area contributed by atoms with Crippen LogP contribution in [-0.2, 0) is 14.1 Å². The van der Waals surface area contributed by atoms with E-state index in [2.05, 4.69) is 15.5 Å². The highest BCUT2D eigenvalue weighted by Crippen LogP contribution is 2.19. The van der Waals surface area contributed by atoms with Gasteiger partial charge in [0.1, 0.15) is 0 Å². The number of carbonyl (C=O) groups excluding carboxylic acids is 1. The third-order valence-corrected chi connectivity index (χ3v) is 2.71. The SMILES string of the molecule is Cc1nn(C)c(C)c1NC(=O)c1cnn(C)c1. The van der Waals surface area contributed by atoms with Gasteiger partial charge in [-0.1, -0.05) is 0 Å². The number of rotatable bonds is 2. The van der Waals surface area contributed by atoms with Crippen LogP contribution >= 0.6 is 0 Å². The molecule has 0 bridgehead atoms. The Labute approximate surface area is 99.2 Å². The molecule has 6 nitrogen and oxygen atoms in total. The van der Waals surface area contributed by atoms with E-state index in [4.69, 9.17) is 0 Å². The van der Waals surface area contributed by atoms with Gasteiger partial charge in [-0.05, 0) is 13.8 Å². The highest BCUT2D eigenvalue weighted by Gasteiger charge is 2.14. The molecule has 6 heteroatoms. The molecule has 0 aliphatic heterocycles. The Morgan fingerprint density at radius 1 is 1.35 bits per heavy atom. The summed E-state index contributed by atoms with van der Waals surface area (Å²) >= 11 is 0. The second-order valence-corrected chi connectivity index (χ2v) is 4.03. The Kier molecular flexibility index (Phi) is 2.71. The summed E-state index contributed by atoms with van der Waals surface area (Å²) in [7, 11) is 3.62. The first-order valence-corrected chi connectivity index (χ1v) is 5.29. The summed E-state index contributed by atoms with van der Waals surface area (Å²) in [6.45, 7) is 3.78. The van der Waals surface area contributed by atoms with Gasteiger partial charge in [0.05, 0.1) is 28.8 Å². The number of hydrogen-bond donors (Lipinski definition) is 1. The van der Waals surface area contributed by atoms with Crippen LogP contribution in [-0.4, -0.2) is 25.5 Å². The summed E-state index contributed by atoms with van der Waals surface area (Å²) in [6.07, 6.45) is 3.22. The fraction of sp³-hybridized carbons (Fsp3) is 0.364. The van der Waals surface area contributed by atoms with E-state index in [9.17, 15) is 4.79 Å². The lowest BCUT2D eigenvalue weighted by atomic mass is 10.3. The number of hydrogen-bond acceptors (Lipinski definition) is 3. The van der Waals surface area contributed by atoms with Gasteiger partial charge in [-0.25, -0.2) is 0 Å². The van der Waals surface area contributed by atoms with Crippen molar-refractivity contribution in [2.45, 2.75) is 13.8 Å². The van der Waals surface area contributed by atoms with Crippen LogP contribution in [0.2, 0.25) is 0 Å². The first kappa shape index (κ1) is 11.4. The van der Waals surface area contributed by atoms with Crippen LogP contribution in [0.5, 0.6) is 0 Å². The molecule has 17 heavy (non-hydrogen) atoms. The Morgan fingerprint density at radius 3 is 2.53 bits per heavy atom. The van der Waals surface area contributed by atoms with Crippen LogP contribution in [0.25, 0.3) is 0 Å². The number of nitrogens with zero attached hydrogens (tertiary/aromatic N) is 4. The van der Waals surface area contributed by atoms with E-state index < -0.39 is 0 Å². The number of nitrogens with one attached hydrogen (secondary N) is 1. The van der Waals surface area contributed by atoms with Crippen molar-refractivity contribution in [2.24, 2.45) is 14.1 Å². The number of carbonyl (C=O) groups is 1. The van der Waals surface area contributed by atoms with Gasteiger partial charge in [-0.3, -0.25) is 14.2 Å². The number of aryl methyl sites for hydroxylation is 3. The maximum absolute atomic E-state index is 11.9.